The zero-order valence-electron chi connectivity index (χ0n) is 13.8. The van der Waals surface area contributed by atoms with Gasteiger partial charge in [0, 0.05) is 12.6 Å². The SMILES string of the molecule is COC(=O)Cc1ccccc1CNC(C)CCCC(C)C. The summed E-state index contributed by atoms with van der Waals surface area (Å²) in [4.78, 5) is 11.4. The molecule has 0 spiro atoms. The molecule has 0 saturated heterocycles. The molecule has 21 heavy (non-hydrogen) atoms. The Morgan fingerprint density at radius 2 is 1.81 bits per heavy atom. The van der Waals surface area contributed by atoms with Gasteiger partial charge in [-0.2, -0.15) is 0 Å². The van der Waals surface area contributed by atoms with E-state index in [1.165, 1.54) is 31.9 Å². The molecule has 0 heterocycles. The van der Waals surface area contributed by atoms with Crippen LogP contribution in [0.3, 0.4) is 0 Å². The smallest absolute Gasteiger partial charge is 0.309 e. The fourth-order valence-corrected chi connectivity index (χ4v) is 2.35. The molecule has 3 heteroatoms. The van der Waals surface area contributed by atoms with Crippen LogP contribution in [0.1, 0.15) is 51.2 Å². The Morgan fingerprint density at radius 3 is 2.43 bits per heavy atom. The molecule has 1 aromatic carbocycles. The van der Waals surface area contributed by atoms with Crippen LogP contribution in [0.4, 0.5) is 0 Å². The summed E-state index contributed by atoms with van der Waals surface area (Å²) in [5, 5.41) is 3.55. The van der Waals surface area contributed by atoms with Crippen molar-refractivity contribution in [1.29, 1.82) is 0 Å². The minimum absolute atomic E-state index is 0.188. The van der Waals surface area contributed by atoms with Gasteiger partial charge in [-0.15, -0.1) is 0 Å². The monoisotopic (exact) mass is 291 g/mol. The van der Waals surface area contributed by atoms with Crippen molar-refractivity contribution in [1.82, 2.24) is 5.32 Å². The molecule has 1 rings (SSSR count). The standard InChI is InChI=1S/C18H29NO2/c1-14(2)8-7-9-15(3)19-13-17-11-6-5-10-16(17)12-18(20)21-4/h5-6,10-11,14-15,19H,7-9,12-13H2,1-4H3. The normalized spacial score (nSPS) is 12.4. The summed E-state index contributed by atoms with van der Waals surface area (Å²) in [7, 11) is 1.43. The molecular weight excluding hydrogens is 262 g/mol. The van der Waals surface area contributed by atoms with Crippen LogP contribution in [0.15, 0.2) is 24.3 Å². The number of benzene rings is 1. The molecule has 0 fully saturated rings. The van der Waals surface area contributed by atoms with Crippen molar-refractivity contribution in [3.8, 4) is 0 Å². The maximum Gasteiger partial charge on any atom is 0.309 e. The van der Waals surface area contributed by atoms with Crippen LogP contribution in [0.5, 0.6) is 0 Å². The fourth-order valence-electron chi connectivity index (χ4n) is 2.35. The highest BCUT2D eigenvalue weighted by atomic mass is 16.5. The molecule has 0 radical (unpaired) electrons. The molecule has 118 valence electrons. The van der Waals surface area contributed by atoms with E-state index in [1.807, 2.05) is 18.2 Å². The maximum absolute atomic E-state index is 11.4. The largest absolute Gasteiger partial charge is 0.469 e. The lowest BCUT2D eigenvalue weighted by Crippen LogP contribution is -2.26. The molecule has 3 nitrogen and oxygen atoms in total. The van der Waals surface area contributed by atoms with E-state index >= 15 is 0 Å². The Kier molecular flexibility index (Phi) is 8.06. The van der Waals surface area contributed by atoms with Gasteiger partial charge in [0.2, 0.25) is 0 Å². The minimum atomic E-state index is -0.188. The van der Waals surface area contributed by atoms with Crippen LogP contribution >= 0.6 is 0 Å². The van der Waals surface area contributed by atoms with Crippen LogP contribution in [-0.4, -0.2) is 19.1 Å². The third-order valence-electron chi connectivity index (χ3n) is 3.74. The maximum atomic E-state index is 11.4. The van der Waals surface area contributed by atoms with E-state index in [9.17, 15) is 4.79 Å². The molecule has 0 saturated carbocycles. The lowest BCUT2D eigenvalue weighted by Gasteiger charge is -2.16. The summed E-state index contributed by atoms with van der Waals surface area (Å²) >= 11 is 0. The highest BCUT2D eigenvalue weighted by Gasteiger charge is 2.09. The molecule has 0 aliphatic heterocycles. The summed E-state index contributed by atoms with van der Waals surface area (Å²) in [5.41, 5.74) is 2.23. The van der Waals surface area contributed by atoms with E-state index in [0.717, 1.165) is 18.0 Å². The molecule has 0 aromatic heterocycles. The third kappa shape index (κ3) is 7.28. The number of esters is 1. The van der Waals surface area contributed by atoms with Gasteiger partial charge < -0.3 is 10.1 Å². The van der Waals surface area contributed by atoms with E-state index in [4.69, 9.17) is 4.74 Å². The summed E-state index contributed by atoms with van der Waals surface area (Å²) in [6.07, 6.45) is 4.08. The van der Waals surface area contributed by atoms with Crippen molar-refractivity contribution in [3.63, 3.8) is 0 Å². The molecule has 1 unspecified atom stereocenters. The van der Waals surface area contributed by atoms with Crippen molar-refractivity contribution in [2.45, 2.75) is 59.0 Å². The van der Waals surface area contributed by atoms with Crippen molar-refractivity contribution in [2.24, 2.45) is 5.92 Å². The second-order valence-corrected chi connectivity index (χ2v) is 6.13. The number of nitrogens with one attached hydrogen (secondary N) is 1. The molecule has 1 N–H and O–H groups in total. The predicted octanol–water partition coefficient (Wildman–Crippen LogP) is 3.71. The molecule has 1 aromatic rings. The lowest BCUT2D eigenvalue weighted by molar-refractivity contribution is -0.139. The number of hydrogen-bond acceptors (Lipinski definition) is 3. The van der Waals surface area contributed by atoms with E-state index in [0.29, 0.717) is 12.5 Å². The number of methoxy groups -OCH3 is 1. The van der Waals surface area contributed by atoms with Crippen LogP contribution < -0.4 is 5.32 Å². The molecule has 0 aliphatic carbocycles. The van der Waals surface area contributed by atoms with Gasteiger partial charge in [-0.05, 0) is 30.4 Å². The third-order valence-corrected chi connectivity index (χ3v) is 3.74. The first-order valence-electron chi connectivity index (χ1n) is 7.90. The van der Waals surface area contributed by atoms with Gasteiger partial charge in [0.15, 0.2) is 0 Å². The summed E-state index contributed by atoms with van der Waals surface area (Å²) in [6, 6.07) is 8.55. The Bertz CT molecular complexity index is 429. The van der Waals surface area contributed by atoms with Gasteiger partial charge in [-0.25, -0.2) is 0 Å². The first kappa shape index (κ1) is 17.7. The first-order valence-corrected chi connectivity index (χ1v) is 7.90. The Morgan fingerprint density at radius 1 is 1.14 bits per heavy atom. The number of carbonyl (C=O) groups is 1. The van der Waals surface area contributed by atoms with E-state index in [-0.39, 0.29) is 5.97 Å². The van der Waals surface area contributed by atoms with Gasteiger partial charge in [-0.3, -0.25) is 4.79 Å². The molecule has 0 aliphatic rings. The average Bonchev–Trinajstić information content (AvgIpc) is 2.45. The van der Waals surface area contributed by atoms with Crippen LogP contribution in [-0.2, 0) is 22.5 Å². The molecular formula is C18H29NO2. The zero-order chi connectivity index (χ0) is 15.7. The van der Waals surface area contributed by atoms with Gasteiger partial charge in [-0.1, -0.05) is 51.0 Å². The second-order valence-electron chi connectivity index (χ2n) is 6.13. The van der Waals surface area contributed by atoms with Crippen molar-refractivity contribution < 1.29 is 9.53 Å². The number of rotatable bonds is 9. The summed E-state index contributed by atoms with van der Waals surface area (Å²) in [5.74, 6) is 0.588. The summed E-state index contributed by atoms with van der Waals surface area (Å²) in [6.45, 7) is 7.56. The van der Waals surface area contributed by atoms with Crippen LogP contribution in [0.25, 0.3) is 0 Å². The number of ether oxygens (including phenoxy) is 1. The second kappa shape index (κ2) is 9.56. The minimum Gasteiger partial charge on any atom is -0.469 e. The highest BCUT2D eigenvalue weighted by Crippen LogP contribution is 2.12. The quantitative estimate of drug-likeness (QED) is 0.705. The number of carbonyl (C=O) groups excluding carboxylic acids is 1. The lowest BCUT2D eigenvalue weighted by atomic mass is 10.0. The number of hydrogen-bond donors (Lipinski definition) is 1. The van der Waals surface area contributed by atoms with E-state index in [2.05, 4.69) is 32.2 Å². The Labute approximate surface area is 129 Å². The van der Waals surface area contributed by atoms with E-state index in [1.54, 1.807) is 0 Å². The molecule has 0 bridgehead atoms. The van der Waals surface area contributed by atoms with Gasteiger partial charge in [0.25, 0.3) is 0 Å². The van der Waals surface area contributed by atoms with Gasteiger partial charge >= 0.3 is 5.97 Å². The van der Waals surface area contributed by atoms with Crippen molar-refractivity contribution >= 4 is 5.97 Å². The summed E-state index contributed by atoms with van der Waals surface area (Å²) < 4.78 is 4.75. The van der Waals surface area contributed by atoms with E-state index < -0.39 is 0 Å². The Balaban J connectivity index is 2.45. The first-order chi connectivity index (χ1) is 10.0. The van der Waals surface area contributed by atoms with Crippen molar-refractivity contribution in [2.75, 3.05) is 7.11 Å². The molecule has 0 amide bonds. The molecule has 1 atom stereocenters. The zero-order valence-corrected chi connectivity index (χ0v) is 13.8. The van der Waals surface area contributed by atoms with Crippen LogP contribution in [0, 0.1) is 5.92 Å². The van der Waals surface area contributed by atoms with Gasteiger partial charge in [0.05, 0.1) is 13.5 Å². The highest BCUT2D eigenvalue weighted by molar-refractivity contribution is 5.72. The Hall–Kier alpha value is -1.35. The topological polar surface area (TPSA) is 38.3 Å². The van der Waals surface area contributed by atoms with Crippen molar-refractivity contribution in [3.05, 3.63) is 35.4 Å². The van der Waals surface area contributed by atoms with Gasteiger partial charge in [0.1, 0.15) is 0 Å². The average molecular weight is 291 g/mol. The fraction of sp³-hybridized carbons (Fsp3) is 0.611. The predicted molar refractivity (Wildman–Crippen MR) is 87.2 cm³/mol. The van der Waals surface area contributed by atoms with Crippen LogP contribution in [0.2, 0.25) is 0 Å².